The van der Waals surface area contributed by atoms with E-state index in [1.54, 1.807) is 0 Å². The molecule has 2 heterocycles. The summed E-state index contributed by atoms with van der Waals surface area (Å²) in [6.45, 7) is 2.64. The normalized spacial score (nSPS) is 23.2. The molecule has 49 heavy (non-hydrogen) atoms. The summed E-state index contributed by atoms with van der Waals surface area (Å²) in [5, 5.41) is 12.3. The molecule has 2 aromatic carbocycles. The molecule has 1 saturated heterocycles. The summed E-state index contributed by atoms with van der Waals surface area (Å²) in [4.78, 5) is 49.0. The molecule has 2 unspecified atom stereocenters. The SMILES string of the molecule is CCC1CCC(C2CC=C(c3cnc(-c4ccc(CC(NC(=O)c5ccc(C6CC6)cc5)C(=O)N5CC(C(=O)O)C5)cc4)nc3)CC2)CC1. The van der Waals surface area contributed by atoms with Crippen LogP contribution in [0.15, 0.2) is 67.0 Å². The molecule has 2 N–H and O–H groups in total. The van der Waals surface area contributed by atoms with Crippen molar-refractivity contribution in [1.82, 2.24) is 20.2 Å². The third kappa shape index (κ3) is 7.79. The lowest BCUT2D eigenvalue weighted by Crippen LogP contribution is -2.59. The second-order valence-electron chi connectivity index (χ2n) is 14.8. The van der Waals surface area contributed by atoms with Crippen molar-refractivity contribution in [2.75, 3.05) is 13.1 Å². The number of rotatable bonds is 11. The van der Waals surface area contributed by atoms with E-state index in [4.69, 9.17) is 9.97 Å². The van der Waals surface area contributed by atoms with Gasteiger partial charge in [-0.2, -0.15) is 0 Å². The molecule has 7 rings (SSSR count). The number of benzene rings is 2. The molecule has 0 radical (unpaired) electrons. The zero-order chi connectivity index (χ0) is 33.9. The summed E-state index contributed by atoms with van der Waals surface area (Å²) in [6.07, 6.45) is 19.4. The molecule has 3 fully saturated rings. The zero-order valence-electron chi connectivity index (χ0n) is 28.5. The highest BCUT2D eigenvalue weighted by Gasteiger charge is 2.39. The quantitative estimate of drug-likeness (QED) is 0.223. The fourth-order valence-electron chi connectivity index (χ4n) is 8.08. The maximum Gasteiger partial charge on any atom is 0.310 e. The summed E-state index contributed by atoms with van der Waals surface area (Å²) in [6, 6.07) is 14.6. The number of aliphatic carboxylic acids is 1. The Bertz CT molecular complexity index is 1670. The van der Waals surface area contributed by atoms with Crippen molar-refractivity contribution in [3.05, 3.63) is 89.3 Å². The first-order valence-electron chi connectivity index (χ1n) is 18.4. The molecule has 2 amide bonds. The summed E-state index contributed by atoms with van der Waals surface area (Å²) >= 11 is 0. The number of amides is 2. The molecule has 2 saturated carbocycles. The van der Waals surface area contributed by atoms with Crippen molar-refractivity contribution in [2.24, 2.45) is 23.7 Å². The van der Waals surface area contributed by atoms with Gasteiger partial charge in [0, 0.05) is 48.6 Å². The van der Waals surface area contributed by atoms with Gasteiger partial charge in [0.1, 0.15) is 6.04 Å². The van der Waals surface area contributed by atoms with Crippen LogP contribution in [0.25, 0.3) is 17.0 Å². The number of allylic oxidation sites excluding steroid dienone is 2. The fraction of sp³-hybridized carbons (Fsp3) is 0.488. The summed E-state index contributed by atoms with van der Waals surface area (Å²) in [5.41, 5.74) is 5.96. The van der Waals surface area contributed by atoms with Gasteiger partial charge in [0.15, 0.2) is 5.82 Å². The molecule has 3 aliphatic carbocycles. The highest BCUT2D eigenvalue weighted by Crippen LogP contribution is 2.42. The Morgan fingerprint density at radius 3 is 2.14 bits per heavy atom. The Morgan fingerprint density at radius 2 is 1.55 bits per heavy atom. The monoisotopic (exact) mass is 660 g/mol. The van der Waals surface area contributed by atoms with Crippen molar-refractivity contribution < 1.29 is 19.5 Å². The lowest BCUT2D eigenvalue weighted by Gasteiger charge is -2.39. The van der Waals surface area contributed by atoms with Crippen LogP contribution in [0.4, 0.5) is 0 Å². The maximum atomic E-state index is 13.5. The van der Waals surface area contributed by atoms with E-state index in [9.17, 15) is 19.5 Å². The average molecular weight is 661 g/mol. The Balaban J connectivity index is 0.981. The molecule has 256 valence electrons. The second-order valence-corrected chi connectivity index (χ2v) is 14.8. The predicted molar refractivity (Wildman–Crippen MR) is 190 cm³/mol. The summed E-state index contributed by atoms with van der Waals surface area (Å²) < 4.78 is 0. The highest BCUT2D eigenvalue weighted by atomic mass is 16.4. The standard InChI is InChI=1S/C41H48N4O4/c1-2-26-3-7-28(8-4-26)29-13-15-32(16-14-29)35-22-42-38(43-23-35)33-9-5-27(6-10-33)21-37(40(47)45-24-36(25-45)41(48)49)44-39(46)34-19-17-31(18-20-34)30-11-12-30/h5-6,9-10,15,17-20,22-23,26,28-30,36-37H,2-4,7-8,11-14,16,21,24-25H2,1H3,(H,44,46)(H,48,49). The Labute approximate surface area is 289 Å². The van der Waals surface area contributed by atoms with Crippen molar-refractivity contribution >= 4 is 23.4 Å². The Kier molecular flexibility index (Phi) is 9.92. The molecule has 8 nitrogen and oxygen atoms in total. The lowest BCUT2D eigenvalue weighted by molar-refractivity contribution is -0.153. The number of carbonyl (C=O) groups is 3. The van der Waals surface area contributed by atoms with Crippen LogP contribution in [0.3, 0.4) is 0 Å². The highest BCUT2D eigenvalue weighted by molar-refractivity contribution is 5.98. The minimum atomic E-state index is -0.907. The van der Waals surface area contributed by atoms with E-state index >= 15 is 0 Å². The van der Waals surface area contributed by atoms with Gasteiger partial charge in [-0.1, -0.05) is 68.7 Å². The summed E-state index contributed by atoms with van der Waals surface area (Å²) in [5.74, 6) is 1.82. The van der Waals surface area contributed by atoms with Gasteiger partial charge in [-0.3, -0.25) is 14.4 Å². The van der Waals surface area contributed by atoms with E-state index in [1.807, 2.05) is 60.9 Å². The van der Waals surface area contributed by atoms with Crippen molar-refractivity contribution in [1.29, 1.82) is 0 Å². The topological polar surface area (TPSA) is 112 Å². The van der Waals surface area contributed by atoms with Crippen molar-refractivity contribution in [3.8, 4) is 11.4 Å². The van der Waals surface area contributed by atoms with Crippen LogP contribution in [0.1, 0.15) is 104 Å². The van der Waals surface area contributed by atoms with Gasteiger partial charge >= 0.3 is 5.97 Å². The molecular weight excluding hydrogens is 612 g/mol. The van der Waals surface area contributed by atoms with Gasteiger partial charge < -0.3 is 15.3 Å². The first-order chi connectivity index (χ1) is 23.8. The molecule has 2 atom stereocenters. The van der Waals surface area contributed by atoms with Crippen LogP contribution < -0.4 is 5.32 Å². The van der Waals surface area contributed by atoms with Crippen LogP contribution in [-0.2, 0) is 16.0 Å². The first-order valence-corrected chi connectivity index (χ1v) is 18.4. The van der Waals surface area contributed by atoms with Gasteiger partial charge in [0.2, 0.25) is 5.91 Å². The van der Waals surface area contributed by atoms with Crippen LogP contribution in [0.2, 0.25) is 0 Å². The van der Waals surface area contributed by atoms with Crippen LogP contribution in [0, 0.1) is 23.7 Å². The predicted octanol–water partition coefficient (Wildman–Crippen LogP) is 7.31. The molecule has 3 aromatic rings. The van der Waals surface area contributed by atoms with Crippen LogP contribution in [0.5, 0.6) is 0 Å². The van der Waals surface area contributed by atoms with E-state index in [2.05, 4.69) is 18.3 Å². The molecule has 0 bridgehead atoms. The van der Waals surface area contributed by atoms with Gasteiger partial charge in [0.25, 0.3) is 5.91 Å². The van der Waals surface area contributed by atoms with Gasteiger partial charge in [-0.05, 0) is 97.5 Å². The van der Waals surface area contributed by atoms with Crippen molar-refractivity contribution in [3.63, 3.8) is 0 Å². The minimum absolute atomic E-state index is 0.153. The Hall–Kier alpha value is -4.33. The molecule has 4 aliphatic rings. The molecule has 1 aromatic heterocycles. The van der Waals surface area contributed by atoms with E-state index in [0.29, 0.717) is 17.3 Å². The largest absolute Gasteiger partial charge is 0.481 e. The number of likely N-dealkylation sites (tertiary alicyclic amines) is 1. The number of carboxylic acid groups (broad SMARTS) is 1. The van der Waals surface area contributed by atoms with Crippen LogP contribution >= 0.6 is 0 Å². The van der Waals surface area contributed by atoms with E-state index in [0.717, 1.165) is 47.3 Å². The van der Waals surface area contributed by atoms with E-state index in [1.165, 1.54) is 67.4 Å². The van der Waals surface area contributed by atoms with Gasteiger partial charge in [0.05, 0.1) is 5.92 Å². The Morgan fingerprint density at radius 1 is 0.857 bits per heavy atom. The van der Waals surface area contributed by atoms with Gasteiger partial charge in [-0.25, -0.2) is 9.97 Å². The maximum absolute atomic E-state index is 13.5. The molecule has 1 aliphatic heterocycles. The molecule has 8 heteroatoms. The third-order valence-electron chi connectivity index (χ3n) is 11.6. The lowest BCUT2D eigenvalue weighted by atomic mass is 9.71. The number of carbonyl (C=O) groups excluding carboxylic acids is 2. The van der Waals surface area contributed by atoms with Crippen molar-refractivity contribution in [2.45, 2.75) is 89.5 Å². The average Bonchev–Trinajstić information content (AvgIpc) is 3.97. The number of nitrogens with one attached hydrogen (secondary N) is 1. The van der Waals surface area contributed by atoms with Crippen LogP contribution in [-0.4, -0.2) is 56.9 Å². The van der Waals surface area contributed by atoms with Gasteiger partial charge in [-0.15, -0.1) is 0 Å². The van der Waals surface area contributed by atoms with E-state index in [-0.39, 0.29) is 31.3 Å². The minimum Gasteiger partial charge on any atom is -0.481 e. The summed E-state index contributed by atoms with van der Waals surface area (Å²) in [7, 11) is 0. The van der Waals surface area contributed by atoms with E-state index < -0.39 is 17.9 Å². The number of nitrogens with zero attached hydrogens (tertiary/aromatic N) is 3. The second kappa shape index (κ2) is 14.7. The molecule has 0 spiro atoms. The smallest absolute Gasteiger partial charge is 0.310 e. The third-order valence-corrected chi connectivity index (χ3v) is 11.6. The number of hydrogen-bond donors (Lipinski definition) is 2. The first kappa shape index (κ1) is 33.2. The molecular formula is C41H48N4O4. The zero-order valence-corrected chi connectivity index (χ0v) is 28.5. The number of hydrogen-bond acceptors (Lipinski definition) is 5. The number of carboxylic acids is 1. The fourth-order valence-corrected chi connectivity index (χ4v) is 8.08. The number of aromatic nitrogens is 2.